The topological polar surface area (TPSA) is 49.4 Å². The second-order valence-electron chi connectivity index (χ2n) is 9.55. The maximum atomic E-state index is 13.1. The van der Waals surface area contributed by atoms with Crippen molar-refractivity contribution in [1.29, 1.82) is 0 Å². The minimum Gasteiger partial charge on any atom is -0.359 e. The lowest BCUT2D eigenvalue weighted by atomic mass is 9.71. The molecule has 3 rings (SSSR count). The highest BCUT2D eigenvalue weighted by atomic mass is 16.2. The van der Waals surface area contributed by atoms with E-state index in [1.807, 2.05) is 31.7 Å². The Hall–Kier alpha value is -2.62. The predicted octanol–water partition coefficient (Wildman–Crippen LogP) is 4.61. The zero-order chi connectivity index (χ0) is 21.9. The van der Waals surface area contributed by atoms with Crippen LogP contribution in [0.3, 0.4) is 0 Å². The summed E-state index contributed by atoms with van der Waals surface area (Å²) in [4.78, 5) is 27.7. The molecule has 0 atom stereocenters. The Morgan fingerprint density at radius 3 is 2.10 bits per heavy atom. The van der Waals surface area contributed by atoms with Crippen LogP contribution in [0.15, 0.2) is 48.5 Å². The molecule has 4 nitrogen and oxygen atoms in total. The molecule has 2 aromatic rings. The van der Waals surface area contributed by atoms with Crippen LogP contribution in [0.1, 0.15) is 44.7 Å². The maximum absolute atomic E-state index is 13.1. The van der Waals surface area contributed by atoms with Gasteiger partial charge in [0.25, 0.3) is 0 Å². The zero-order valence-electron chi connectivity index (χ0n) is 18.9. The third-order valence-electron chi connectivity index (χ3n) is 6.34. The normalized spacial score (nSPS) is 16.2. The second-order valence-corrected chi connectivity index (χ2v) is 9.55. The first-order valence-electron chi connectivity index (χ1n) is 10.8. The molecule has 1 aliphatic rings. The van der Waals surface area contributed by atoms with Crippen molar-refractivity contribution in [3.63, 3.8) is 0 Å². The number of carbonyl (C=O) groups is 2. The smallest absolute Gasteiger partial charge is 0.227 e. The number of nitrogens with zero attached hydrogens (tertiary/aromatic N) is 1. The molecule has 30 heavy (non-hydrogen) atoms. The van der Waals surface area contributed by atoms with Gasteiger partial charge < -0.3 is 10.2 Å². The molecule has 0 unspecified atom stereocenters. The van der Waals surface area contributed by atoms with Gasteiger partial charge in [-0.2, -0.15) is 0 Å². The Morgan fingerprint density at radius 2 is 1.53 bits per heavy atom. The van der Waals surface area contributed by atoms with Crippen molar-refractivity contribution in [1.82, 2.24) is 10.2 Å². The van der Waals surface area contributed by atoms with Gasteiger partial charge in [0, 0.05) is 25.6 Å². The molecule has 0 spiro atoms. The van der Waals surface area contributed by atoms with Crippen molar-refractivity contribution in [3.05, 3.63) is 59.7 Å². The zero-order valence-corrected chi connectivity index (χ0v) is 18.9. The van der Waals surface area contributed by atoms with Gasteiger partial charge in [0.15, 0.2) is 0 Å². The van der Waals surface area contributed by atoms with Gasteiger partial charge in [0.2, 0.25) is 11.8 Å². The van der Waals surface area contributed by atoms with Crippen molar-refractivity contribution in [2.75, 3.05) is 20.1 Å². The summed E-state index contributed by atoms with van der Waals surface area (Å²) in [6.07, 6.45) is 2.03. The van der Waals surface area contributed by atoms with Crippen LogP contribution in [0, 0.1) is 17.8 Å². The number of rotatable bonds is 4. The number of amides is 2. The maximum Gasteiger partial charge on any atom is 0.227 e. The average molecular weight is 407 g/mol. The van der Waals surface area contributed by atoms with Crippen molar-refractivity contribution < 1.29 is 9.59 Å². The molecule has 1 heterocycles. The summed E-state index contributed by atoms with van der Waals surface area (Å²) in [5.41, 5.74) is 3.91. The van der Waals surface area contributed by atoms with Crippen molar-refractivity contribution in [2.24, 2.45) is 10.8 Å². The average Bonchev–Trinajstić information content (AvgIpc) is 2.73. The van der Waals surface area contributed by atoms with E-state index >= 15 is 0 Å². The third kappa shape index (κ3) is 4.43. The molecule has 160 valence electrons. The van der Waals surface area contributed by atoms with Crippen LogP contribution in [0.4, 0.5) is 0 Å². The van der Waals surface area contributed by atoms with Gasteiger partial charge in [-0.15, -0.1) is 0 Å². The summed E-state index contributed by atoms with van der Waals surface area (Å²) in [5, 5.41) is 2.90. The van der Waals surface area contributed by atoms with Crippen LogP contribution in [-0.2, 0) is 16.0 Å². The molecule has 1 fully saturated rings. The minimum absolute atomic E-state index is 0.0740. The molecule has 0 saturated carbocycles. The number of piperidine rings is 1. The van der Waals surface area contributed by atoms with Gasteiger partial charge in [-0.25, -0.2) is 0 Å². The number of hydrogen-bond donors (Lipinski definition) is 1. The fourth-order valence-electron chi connectivity index (χ4n) is 4.54. The highest BCUT2D eigenvalue weighted by Gasteiger charge is 2.43. The van der Waals surface area contributed by atoms with E-state index in [0.717, 1.165) is 0 Å². The van der Waals surface area contributed by atoms with Crippen LogP contribution >= 0.6 is 0 Å². The Morgan fingerprint density at radius 1 is 0.967 bits per heavy atom. The van der Waals surface area contributed by atoms with E-state index in [9.17, 15) is 9.59 Å². The van der Waals surface area contributed by atoms with E-state index in [0.29, 0.717) is 32.4 Å². The number of carbonyl (C=O) groups excluding carboxylic acids is 2. The van der Waals surface area contributed by atoms with Gasteiger partial charge in [-0.05, 0) is 48.4 Å². The molecule has 1 saturated heterocycles. The first kappa shape index (κ1) is 22.1. The van der Waals surface area contributed by atoms with Crippen molar-refractivity contribution in [3.8, 4) is 11.1 Å². The molecule has 1 N–H and O–H groups in total. The summed E-state index contributed by atoms with van der Waals surface area (Å²) in [6, 6.07) is 16.8. The third-order valence-corrected chi connectivity index (χ3v) is 6.34. The molecule has 4 heteroatoms. The number of hydrogen-bond acceptors (Lipinski definition) is 2. The van der Waals surface area contributed by atoms with Gasteiger partial charge in [-0.3, -0.25) is 9.59 Å². The molecule has 0 aromatic heterocycles. The molecule has 0 bridgehead atoms. The molecular weight excluding hydrogens is 372 g/mol. The van der Waals surface area contributed by atoms with E-state index in [1.165, 1.54) is 22.3 Å². The highest BCUT2D eigenvalue weighted by Crippen LogP contribution is 2.39. The van der Waals surface area contributed by atoms with Crippen LogP contribution in [0.5, 0.6) is 0 Å². The Labute approximate surface area is 180 Å². The fraction of sp³-hybridized carbons (Fsp3) is 0.462. The van der Waals surface area contributed by atoms with Crippen LogP contribution in [0.2, 0.25) is 0 Å². The lowest BCUT2D eigenvalue weighted by molar-refractivity contribution is -0.145. The predicted molar refractivity (Wildman–Crippen MR) is 122 cm³/mol. The van der Waals surface area contributed by atoms with Crippen molar-refractivity contribution in [2.45, 2.75) is 47.0 Å². The quantitative estimate of drug-likeness (QED) is 0.806. The number of likely N-dealkylation sites (tertiary alicyclic amines) is 1. The Balaban J connectivity index is 1.91. The van der Waals surface area contributed by atoms with Crippen LogP contribution in [0.25, 0.3) is 11.1 Å². The Bertz CT molecular complexity index is 919. The van der Waals surface area contributed by atoms with Crippen LogP contribution in [-0.4, -0.2) is 36.9 Å². The molecule has 2 aromatic carbocycles. The van der Waals surface area contributed by atoms with Gasteiger partial charge in [-0.1, -0.05) is 69.3 Å². The van der Waals surface area contributed by atoms with Gasteiger partial charge in [0.1, 0.15) is 0 Å². The first-order chi connectivity index (χ1) is 14.2. The lowest BCUT2D eigenvalue weighted by Gasteiger charge is -2.42. The first-order valence-corrected chi connectivity index (χ1v) is 10.8. The van der Waals surface area contributed by atoms with E-state index in [2.05, 4.69) is 54.7 Å². The summed E-state index contributed by atoms with van der Waals surface area (Å²) in [6.45, 7) is 9.22. The lowest BCUT2D eigenvalue weighted by Crippen LogP contribution is -2.52. The SMILES string of the molecule is CNC(=O)C1(Cc2ccccc2-c2ccccc2C)CCN(C(=O)C(C)(C)C)CC1. The second kappa shape index (κ2) is 8.63. The summed E-state index contributed by atoms with van der Waals surface area (Å²) >= 11 is 0. The number of benzene rings is 2. The fourth-order valence-corrected chi connectivity index (χ4v) is 4.54. The number of nitrogens with one attached hydrogen (secondary N) is 1. The standard InChI is InChI=1S/C26H34N2O2/c1-19-10-6-8-12-21(19)22-13-9-7-11-20(22)18-26(23(29)27-5)14-16-28(17-15-26)24(30)25(2,3)4/h6-13H,14-18H2,1-5H3,(H,27,29). The van der Waals surface area contributed by atoms with Gasteiger partial charge in [0.05, 0.1) is 5.41 Å². The summed E-state index contributed by atoms with van der Waals surface area (Å²) in [5.74, 6) is 0.235. The van der Waals surface area contributed by atoms with E-state index < -0.39 is 10.8 Å². The molecule has 1 aliphatic heterocycles. The minimum atomic E-state index is -0.498. The Kier molecular flexibility index (Phi) is 6.35. The monoisotopic (exact) mass is 406 g/mol. The molecule has 0 aliphatic carbocycles. The van der Waals surface area contributed by atoms with E-state index in [4.69, 9.17) is 0 Å². The largest absolute Gasteiger partial charge is 0.359 e. The molecule has 0 radical (unpaired) electrons. The van der Waals surface area contributed by atoms with E-state index in [-0.39, 0.29) is 11.8 Å². The van der Waals surface area contributed by atoms with Crippen molar-refractivity contribution >= 4 is 11.8 Å². The molecule has 2 amide bonds. The van der Waals surface area contributed by atoms with E-state index in [1.54, 1.807) is 7.05 Å². The highest BCUT2D eigenvalue weighted by molar-refractivity contribution is 5.85. The summed E-state index contributed by atoms with van der Waals surface area (Å²) in [7, 11) is 1.71. The number of aryl methyl sites for hydroxylation is 1. The summed E-state index contributed by atoms with van der Waals surface area (Å²) < 4.78 is 0. The van der Waals surface area contributed by atoms with Crippen LogP contribution < -0.4 is 5.32 Å². The van der Waals surface area contributed by atoms with Gasteiger partial charge >= 0.3 is 0 Å². The molecular formula is C26H34N2O2.